The van der Waals surface area contributed by atoms with Gasteiger partial charge in [-0.1, -0.05) is 27.0 Å². The first kappa shape index (κ1) is 13.4. The lowest BCUT2D eigenvalue weighted by atomic mass is 10.3. The Kier molecular flexibility index (Phi) is 11.0. The molecule has 2 nitrogen and oxygen atoms in total. The molecule has 0 aliphatic heterocycles. The van der Waals surface area contributed by atoms with Gasteiger partial charge in [0.25, 0.3) is 0 Å². The summed E-state index contributed by atoms with van der Waals surface area (Å²) in [5.74, 6) is 0.595. The van der Waals surface area contributed by atoms with Crippen molar-refractivity contribution in [2.75, 3.05) is 6.61 Å². The van der Waals surface area contributed by atoms with Crippen molar-refractivity contribution in [2.45, 2.75) is 20.8 Å². The lowest BCUT2D eigenvalue weighted by Gasteiger charge is -2.04. The molecule has 0 radical (unpaired) electrons. The van der Waals surface area contributed by atoms with Crippen LogP contribution in [0.5, 0.6) is 0 Å². The van der Waals surface area contributed by atoms with Crippen LogP contribution >= 0.6 is 0 Å². The van der Waals surface area contributed by atoms with Crippen molar-refractivity contribution in [3.05, 3.63) is 36.8 Å². The van der Waals surface area contributed by atoms with Crippen LogP contribution < -0.4 is 5.73 Å². The van der Waals surface area contributed by atoms with Crippen LogP contribution in [-0.2, 0) is 4.74 Å². The van der Waals surface area contributed by atoms with E-state index in [1.54, 1.807) is 6.08 Å². The largest absolute Gasteiger partial charge is 0.492 e. The standard InChI is InChI=1S/C8H13NO.C2H6/c1-4-7(9)8(5-2)10-6-3;1-2/h4-5H,1-2,6,9H2,3H3;1-2H3/b8-7-;. The molecule has 0 amide bonds. The molecule has 2 heteroatoms. The van der Waals surface area contributed by atoms with Crippen LogP contribution in [0.2, 0.25) is 0 Å². The molecule has 0 rings (SSSR count). The summed E-state index contributed by atoms with van der Waals surface area (Å²) >= 11 is 0. The molecule has 0 aromatic rings. The van der Waals surface area contributed by atoms with Crippen molar-refractivity contribution in [3.8, 4) is 0 Å². The molecule has 70 valence electrons. The minimum atomic E-state index is 0.525. The summed E-state index contributed by atoms with van der Waals surface area (Å²) < 4.78 is 5.11. The van der Waals surface area contributed by atoms with E-state index in [0.29, 0.717) is 18.1 Å². The van der Waals surface area contributed by atoms with Crippen LogP contribution in [0.1, 0.15) is 20.8 Å². The van der Waals surface area contributed by atoms with Crippen LogP contribution in [0.4, 0.5) is 0 Å². The Morgan fingerprint density at radius 2 is 1.83 bits per heavy atom. The highest BCUT2D eigenvalue weighted by atomic mass is 16.5. The molecule has 0 saturated heterocycles. The zero-order chi connectivity index (χ0) is 9.98. The number of rotatable bonds is 4. The van der Waals surface area contributed by atoms with E-state index >= 15 is 0 Å². The molecule has 0 spiro atoms. The maximum atomic E-state index is 5.48. The molecule has 0 heterocycles. The molecule has 0 aliphatic rings. The van der Waals surface area contributed by atoms with Crippen LogP contribution in [-0.4, -0.2) is 6.61 Å². The highest BCUT2D eigenvalue weighted by Crippen LogP contribution is 2.02. The van der Waals surface area contributed by atoms with Crippen LogP contribution in [0, 0.1) is 0 Å². The molecule has 0 bridgehead atoms. The third kappa shape index (κ3) is 5.59. The predicted octanol–water partition coefficient (Wildman–Crippen LogP) is 2.59. The van der Waals surface area contributed by atoms with E-state index in [4.69, 9.17) is 10.5 Å². The second-order valence-electron chi connectivity index (χ2n) is 1.66. The van der Waals surface area contributed by atoms with E-state index in [2.05, 4.69) is 13.2 Å². The van der Waals surface area contributed by atoms with Crippen molar-refractivity contribution in [3.63, 3.8) is 0 Å². The number of allylic oxidation sites excluding steroid dienone is 2. The molecule has 0 aromatic heterocycles. The smallest absolute Gasteiger partial charge is 0.141 e. The maximum absolute atomic E-state index is 5.48. The summed E-state index contributed by atoms with van der Waals surface area (Å²) in [4.78, 5) is 0. The lowest BCUT2D eigenvalue weighted by Crippen LogP contribution is -2.00. The summed E-state index contributed by atoms with van der Waals surface area (Å²) in [7, 11) is 0. The van der Waals surface area contributed by atoms with Gasteiger partial charge in [-0.25, -0.2) is 0 Å². The lowest BCUT2D eigenvalue weighted by molar-refractivity contribution is 0.240. The SMILES string of the molecule is C=C/C(N)=C(\C=C)OCC.CC. The van der Waals surface area contributed by atoms with E-state index in [0.717, 1.165) is 0 Å². The summed E-state index contributed by atoms with van der Waals surface area (Å²) in [6.07, 6.45) is 3.10. The Labute approximate surface area is 75.4 Å². The van der Waals surface area contributed by atoms with Gasteiger partial charge in [-0.15, -0.1) is 0 Å². The van der Waals surface area contributed by atoms with Crippen LogP contribution in [0.3, 0.4) is 0 Å². The Balaban J connectivity index is 0. The van der Waals surface area contributed by atoms with Gasteiger partial charge in [0, 0.05) is 0 Å². The van der Waals surface area contributed by atoms with E-state index in [1.165, 1.54) is 6.08 Å². The van der Waals surface area contributed by atoms with Crippen molar-refractivity contribution in [1.82, 2.24) is 0 Å². The zero-order valence-corrected chi connectivity index (χ0v) is 8.26. The number of hydrogen-bond donors (Lipinski definition) is 1. The van der Waals surface area contributed by atoms with Crippen molar-refractivity contribution < 1.29 is 4.74 Å². The Morgan fingerprint density at radius 1 is 1.33 bits per heavy atom. The first-order valence-corrected chi connectivity index (χ1v) is 4.13. The van der Waals surface area contributed by atoms with Gasteiger partial charge in [-0.3, -0.25) is 0 Å². The van der Waals surface area contributed by atoms with Crippen molar-refractivity contribution in [1.29, 1.82) is 0 Å². The minimum absolute atomic E-state index is 0.525. The molecule has 2 N–H and O–H groups in total. The third-order valence-electron chi connectivity index (χ3n) is 0.990. The quantitative estimate of drug-likeness (QED) is 0.518. The van der Waals surface area contributed by atoms with Crippen molar-refractivity contribution >= 4 is 0 Å². The van der Waals surface area contributed by atoms with Crippen LogP contribution in [0.25, 0.3) is 0 Å². The highest BCUT2D eigenvalue weighted by molar-refractivity contribution is 5.23. The molecular weight excluding hydrogens is 150 g/mol. The summed E-state index contributed by atoms with van der Waals surface area (Å²) in [5, 5.41) is 0. The molecule has 0 aromatic carbocycles. The Hall–Kier alpha value is -1.18. The first-order valence-electron chi connectivity index (χ1n) is 4.13. The highest BCUT2D eigenvalue weighted by Gasteiger charge is 1.93. The zero-order valence-electron chi connectivity index (χ0n) is 8.26. The fraction of sp³-hybridized carbons (Fsp3) is 0.400. The number of nitrogens with two attached hydrogens (primary N) is 1. The molecular formula is C10H19NO. The van der Waals surface area contributed by atoms with Crippen LogP contribution in [0.15, 0.2) is 36.8 Å². The maximum Gasteiger partial charge on any atom is 0.141 e. The van der Waals surface area contributed by atoms with E-state index in [1.807, 2.05) is 20.8 Å². The normalized spacial score (nSPS) is 10.2. The van der Waals surface area contributed by atoms with Gasteiger partial charge in [-0.05, 0) is 19.1 Å². The van der Waals surface area contributed by atoms with Crippen molar-refractivity contribution in [2.24, 2.45) is 5.73 Å². The summed E-state index contributed by atoms with van der Waals surface area (Å²) in [6.45, 7) is 13.5. The fourth-order valence-corrected chi connectivity index (χ4v) is 0.516. The van der Waals surface area contributed by atoms with E-state index < -0.39 is 0 Å². The second kappa shape index (κ2) is 9.82. The average Bonchev–Trinajstić information content (AvgIpc) is 2.16. The average molecular weight is 169 g/mol. The van der Waals surface area contributed by atoms with Gasteiger partial charge < -0.3 is 10.5 Å². The fourth-order valence-electron chi connectivity index (χ4n) is 0.516. The molecule has 0 saturated carbocycles. The summed E-state index contributed by atoms with van der Waals surface area (Å²) in [5.41, 5.74) is 6.00. The molecule has 0 unspecified atom stereocenters. The first-order chi connectivity index (χ1) is 5.76. The number of hydrogen-bond acceptors (Lipinski definition) is 2. The van der Waals surface area contributed by atoms with Gasteiger partial charge in [0.1, 0.15) is 5.76 Å². The molecule has 0 fully saturated rings. The van der Waals surface area contributed by atoms with Gasteiger partial charge in [0.15, 0.2) is 0 Å². The van der Waals surface area contributed by atoms with E-state index in [-0.39, 0.29) is 0 Å². The monoisotopic (exact) mass is 169 g/mol. The van der Waals surface area contributed by atoms with E-state index in [9.17, 15) is 0 Å². The van der Waals surface area contributed by atoms with Gasteiger partial charge in [0.05, 0.1) is 12.3 Å². The van der Waals surface area contributed by atoms with Gasteiger partial charge in [0.2, 0.25) is 0 Å². The summed E-state index contributed by atoms with van der Waals surface area (Å²) in [6, 6.07) is 0. The Bertz CT molecular complexity index is 159. The molecule has 12 heavy (non-hydrogen) atoms. The van der Waals surface area contributed by atoms with Gasteiger partial charge in [-0.2, -0.15) is 0 Å². The third-order valence-corrected chi connectivity index (χ3v) is 0.990. The predicted molar refractivity (Wildman–Crippen MR) is 54.6 cm³/mol. The minimum Gasteiger partial charge on any atom is -0.492 e. The second-order valence-corrected chi connectivity index (χ2v) is 1.66. The molecule has 0 aliphatic carbocycles. The number of ether oxygens (including phenoxy) is 1. The molecule has 0 atom stereocenters. The van der Waals surface area contributed by atoms with Gasteiger partial charge >= 0.3 is 0 Å². The topological polar surface area (TPSA) is 35.2 Å². The Morgan fingerprint density at radius 3 is 2.08 bits per heavy atom.